The largest absolute Gasteiger partial charge is 0.490 e. The van der Waals surface area contributed by atoms with Gasteiger partial charge in [0.05, 0.1) is 22.6 Å². The fourth-order valence-electron chi connectivity index (χ4n) is 2.06. The van der Waals surface area contributed by atoms with Crippen LogP contribution in [-0.2, 0) is 0 Å². The van der Waals surface area contributed by atoms with E-state index in [9.17, 15) is 5.11 Å². The molecule has 0 radical (unpaired) electrons. The predicted molar refractivity (Wildman–Crippen MR) is 85.8 cm³/mol. The summed E-state index contributed by atoms with van der Waals surface area (Å²) >= 11 is 8.46. The van der Waals surface area contributed by atoms with Gasteiger partial charge in [0.25, 0.3) is 0 Å². The molecule has 2 aromatic rings. The molecule has 0 fully saturated rings. The maximum Gasteiger partial charge on any atom is 0.175 e. The maximum absolute atomic E-state index is 10.5. The number of rotatable bonds is 2. The number of ether oxygens (including phenoxy) is 2. The smallest absolute Gasteiger partial charge is 0.175 e. The van der Waals surface area contributed by atoms with E-state index in [-0.39, 0.29) is 0 Å². The van der Waals surface area contributed by atoms with Crippen LogP contribution in [0.1, 0.15) is 23.0 Å². The van der Waals surface area contributed by atoms with E-state index in [2.05, 4.69) is 31.9 Å². The zero-order valence-corrected chi connectivity index (χ0v) is 14.4. The molecular weight excluding hydrogens is 408 g/mol. The van der Waals surface area contributed by atoms with Gasteiger partial charge in [0.2, 0.25) is 0 Å². The third-order valence-electron chi connectivity index (χ3n) is 3.03. The molecule has 1 unspecified atom stereocenters. The normalized spacial score (nSPS) is 15.8. The number of thiophene rings is 1. The molecule has 1 aromatic heterocycles. The van der Waals surface area contributed by atoms with Crippen molar-refractivity contribution in [2.24, 2.45) is 0 Å². The Labute approximate surface area is 137 Å². The summed E-state index contributed by atoms with van der Waals surface area (Å²) in [7, 11) is 0. The molecule has 3 rings (SSSR count). The molecular formula is C14H12Br2O3S. The van der Waals surface area contributed by atoms with Crippen LogP contribution in [0.15, 0.2) is 32.5 Å². The van der Waals surface area contributed by atoms with Crippen molar-refractivity contribution in [3.05, 3.63) is 43.0 Å². The van der Waals surface area contributed by atoms with Crippen molar-refractivity contribution in [2.75, 3.05) is 13.2 Å². The number of hydrogen-bond acceptors (Lipinski definition) is 4. The summed E-state index contributed by atoms with van der Waals surface area (Å²) in [6, 6.07) is 5.66. The van der Waals surface area contributed by atoms with E-state index in [1.54, 1.807) is 0 Å². The van der Waals surface area contributed by atoms with Gasteiger partial charge in [-0.1, -0.05) is 0 Å². The first-order valence-corrected chi connectivity index (χ1v) is 8.63. The molecule has 3 nitrogen and oxygen atoms in total. The van der Waals surface area contributed by atoms with E-state index in [1.807, 2.05) is 23.6 Å². The van der Waals surface area contributed by atoms with Crippen LogP contribution in [0.4, 0.5) is 0 Å². The van der Waals surface area contributed by atoms with Crippen LogP contribution in [0, 0.1) is 0 Å². The summed E-state index contributed by atoms with van der Waals surface area (Å²) in [6.07, 6.45) is 0.174. The van der Waals surface area contributed by atoms with Crippen molar-refractivity contribution < 1.29 is 14.6 Å². The Kier molecular flexibility index (Phi) is 4.35. The predicted octanol–water partition coefficient (Wildman–Crippen LogP) is 4.52. The van der Waals surface area contributed by atoms with Gasteiger partial charge in [0.1, 0.15) is 6.10 Å². The Bertz CT molecular complexity index is 627. The summed E-state index contributed by atoms with van der Waals surface area (Å²) < 4.78 is 13.1. The third-order valence-corrected chi connectivity index (χ3v) is 5.55. The average molecular weight is 420 g/mol. The first-order valence-electron chi connectivity index (χ1n) is 6.17. The highest BCUT2D eigenvalue weighted by atomic mass is 79.9. The molecule has 1 aliphatic heterocycles. The van der Waals surface area contributed by atoms with E-state index in [4.69, 9.17) is 9.47 Å². The van der Waals surface area contributed by atoms with Gasteiger partial charge in [0.15, 0.2) is 11.5 Å². The van der Waals surface area contributed by atoms with Gasteiger partial charge in [-0.3, -0.25) is 0 Å². The van der Waals surface area contributed by atoms with Gasteiger partial charge in [0, 0.05) is 10.9 Å². The molecule has 1 atom stereocenters. The van der Waals surface area contributed by atoms with Gasteiger partial charge < -0.3 is 14.6 Å². The fraction of sp³-hybridized carbons (Fsp3) is 0.286. The lowest BCUT2D eigenvalue weighted by Gasteiger charge is -2.15. The zero-order valence-electron chi connectivity index (χ0n) is 10.4. The summed E-state index contributed by atoms with van der Waals surface area (Å²) in [6.45, 7) is 1.27. The maximum atomic E-state index is 10.5. The molecule has 0 spiro atoms. The highest BCUT2D eigenvalue weighted by molar-refractivity contribution is 9.10. The van der Waals surface area contributed by atoms with E-state index in [0.717, 1.165) is 25.8 Å². The topological polar surface area (TPSA) is 38.7 Å². The highest BCUT2D eigenvalue weighted by Crippen LogP contribution is 2.42. The molecule has 1 aliphatic rings. The number of halogens is 2. The second kappa shape index (κ2) is 6.05. The Balaban J connectivity index is 2.01. The van der Waals surface area contributed by atoms with Crippen molar-refractivity contribution >= 4 is 43.2 Å². The van der Waals surface area contributed by atoms with Crippen LogP contribution in [-0.4, -0.2) is 18.3 Å². The lowest BCUT2D eigenvalue weighted by molar-refractivity contribution is 0.222. The van der Waals surface area contributed by atoms with Gasteiger partial charge in [-0.05, 0) is 61.0 Å². The van der Waals surface area contributed by atoms with E-state index >= 15 is 0 Å². The average Bonchev–Trinajstić information content (AvgIpc) is 2.72. The SMILES string of the molecule is OC(c1cc(Br)c2c(c1)OCCCO2)c1sccc1Br. The first kappa shape index (κ1) is 14.4. The number of aliphatic hydroxyl groups excluding tert-OH is 1. The lowest BCUT2D eigenvalue weighted by Crippen LogP contribution is -2.00. The van der Waals surface area contributed by atoms with Gasteiger partial charge in [-0.25, -0.2) is 0 Å². The van der Waals surface area contributed by atoms with Gasteiger partial charge >= 0.3 is 0 Å². The second-order valence-corrected chi connectivity index (χ2v) is 7.07. The fourth-order valence-corrected chi connectivity index (χ4v) is 4.24. The van der Waals surface area contributed by atoms with Crippen LogP contribution in [0.5, 0.6) is 11.5 Å². The van der Waals surface area contributed by atoms with Crippen LogP contribution in [0.2, 0.25) is 0 Å². The summed E-state index contributed by atoms with van der Waals surface area (Å²) in [5.74, 6) is 1.39. The lowest BCUT2D eigenvalue weighted by atomic mass is 10.1. The standard InChI is InChI=1S/C14H12Br2O3S/c15-9-2-5-20-14(9)12(17)8-6-10(16)13-11(7-8)18-3-1-4-19-13/h2,5-7,12,17H,1,3-4H2. The Morgan fingerprint density at radius 1 is 1.15 bits per heavy atom. The monoisotopic (exact) mass is 418 g/mol. The van der Waals surface area contributed by atoms with Crippen molar-refractivity contribution in [1.29, 1.82) is 0 Å². The minimum absolute atomic E-state index is 0.627. The third kappa shape index (κ3) is 2.74. The molecule has 0 bridgehead atoms. The molecule has 0 saturated heterocycles. The Hall–Kier alpha value is -0.560. The molecule has 0 amide bonds. The van der Waals surface area contributed by atoms with Crippen molar-refractivity contribution in [3.63, 3.8) is 0 Å². The molecule has 1 aromatic carbocycles. The quantitative estimate of drug-likeness (QED) is 0.777. The number of benzene rings is 1. The molecule has 1 N–H and O–H groups in total. The van der Waals surface area contributed by atoms with Crippen LogP contribution in [0.25, 0.3) is 0 Å². The molecule has 20 heavy (non-hydrogen) atoms. The molecule has 0 saturated carbocycles. The minimum Gasteiger partial charge on any atom is -0.490 e. The molecule has 106 valence electrons. The van der Waals surface area contributed by atoms with Gasteiger partial charge in [-0.15, -0.1) is 11.3 Å². The number of aliphatic hydroxyl groups is 1. The first-order chi connectivity index (χ1) is 9.66. The van der Waals surface area contributed by atoms with Crippen molar-refractivity contribution in [3.8, 4) is 11.5 Å². The van der Waals surface area contributed by atoms with Gasteiger partial charge in [-0.2, -0.15) is 0 Å². The molecule has 6 heteroatoms. The minimum atomic E-state index is -0.683. The second-order valence-electron chi connectivity index (χ2n) is 4.42. The van der Waals surface area contributed by atoms with Crippen LogP contribution >= 0.6 is 43.2 Å². The summed E-state index contributed by atoms with van der Waals surface area (Å²) in [5, 5.41) is 12.5. The Morgan fingerprint density at radius 2 is 1.95 bits per heavy atom. The van der Waals surface area contributed by atoms with Crippen LogP contribution in [0.3, 0.4) is 0 Å². The van der Waals surface area contributed by atoms with Crippen LogP contribution < -0.4 is 9.47 Å². The van der Waals surface area contributed by atoms with E-state index in [1.165, 1.54) is 11.3 Å². The molecule has 2 heterocycles. The number of hydrogen-bond donors (Lipinski definition) is 1. The summed E-state index contributed by atoms with van der Waals surface area (Å²) in [5.41, 5.74) is 0.782. The van der Waals surface area contributed by atoms with Crippen molar-refractivity contribution in [2.45, 2.75) is 12.5 Å². The molecule has 0 aliphatic carbocycles. The van der Waals surface area contributed by atoms with E-state index in [0.29, 0.717) is 24.7 Å². The van der Waals surface area contributed by atoms with Crippen molar-refractivity contribution in [1.82, 2.24) is 0 Å². The Morgan fingerprint density at radius 3 is 2.70 bits per heavy atom. The summed E-state index contributed by atoms with van der Waals surface area (Å²) in [4.78, 5) is 0.881. The highest BCUT2D eigenvalue weighted by Gasteiger charge is 2.21. The zero-order chi connectivity index (χ0) is 14.1. The van der Waals surface area contributed by atoms with E-state index < -0.39 is 6.10 Å². The number of fused-ring (bicyclic) bond motifs is 1.